The van der Waals surface area contributed by atoms with E-state index in [1.807, 2.05) is 0 Å². The number of imidazole rings is 1. The molecule has 0 fully saturated rings. The fraction of sp³-hybridized carbons (Fsp3) is 0.333. The summed E-state index contributed by atoms with van der Waals surface area (Å²) in [6.07, 6.45) is 0.341. The second-order valence-electron chi connectivity index (χ2n) is 5.70. The van der Waals surface area contributed by atoms with Crippen molar-refractivity contribution in [1.29, 1.82) is 0 Å². The fourth-order valence-corrected chi connectivity index (χ4v) is 2.50. The summed E-state index contributed by atoms with van der Waals surface area (Å²) in [6, 6.07) is 0.882. The molecular formula is C15H16F3N7O. The van der Waals surface area contributed by atoms with Crippen LogP contribution in [0.5, 0.6) is 0 Å². The van der Waals surface area contributed by atoms with Crippen LogP contribution < -0.4 is 5.32 Å². The molecule has 0 aliphatic heterocycles. The standard InChI is InChI=1S/C15H16F3N7O/c1-23-7-5-19-14(23)10-8-12(24(2)22-10)21-13(26)9-11(15(16,17)18)25-6-3-4-20-25/h3-8,11H,9H2,1-2H3,(H,21,26). The van der Waals surface area contributed by atoms with Crippen LogP contribution >= 0.6 is 0 Å². The summed E-state index contributed by atoms with van der Waals surface area (Å²) in [5, 5.41) is 10.3. The lowest BCUT2D eigenvalue weighted by Gasteiger charge is -2.20. The molecule has 0 saturated carbocycles. The number of alkyl halides is 3. The van der Waals surface area contributed by atoms with Crippen LogP contribution in [-0.4, -0.2) is 41.2 Å². The number of carbonyl (C=O) groups is 1. The van der Waals surface area contributed by atoms with Crippen molar-refractivity contribution in [3.63, 3.8) is 0 Å². The Bertz CT molecular complexity index is 895. The van der Waals surface area contributed by atoms with Crippen molar-refractivity contribution in [3.8, 4) is 11.5 Å². The Hall–Kier alpha value is -3.11. The van der Waals surface area contributed by atoms with Crippen molar-refractivity contribution in [1.82, 2.24) is 29.1 Å². The molecule has 3 rings (SSSR count). The molecule has 3 heterocycles. The van der Waals surface area contributed by atoms with E-state index in [0.29, 0.717) is 11.5 Å². The van der Waals surface area contributed by atoms with Gasteiger partial charge in [0.2, 0.25) is 5.91 Å². The number of anilines is 1. The maximum atomic E-state index is 13.2. The molecule has 26 heavy (non-hydrogen) atoms. The summed E-state index contributed by atoms with van der Waals surface area (Å²) in [6.45, 7) is 0. The van der Waals surface area contributed by atoms with Crippen molar-refractivity contribution in [2.45, 2.75) is 18.6 Å². The van der Waals surface area contributed by atoms with E-state index < -0.39 is 24.5 Å². The van der Waals surface area contributed by atoms with Gasteiger partial charge in [-0.15, -0.1) is 0 Å². The van der Waals surface area contributed by atoms with Crippen LogP contribution in [0.4, 0.5) is 19.0 Å². The van der Waals surface area contributed by atoms with Gasteiger partial charge in [-0.1, -0.05) is 0 Å². The van der Waals surface area contributed by atoms with Crippen molar-refractivity contribution in [2.24, 2.45) is 14.1 Å². The zero-order chi connectivity index (χ0) is 18.9. The quantitative estimate of drug-likeness (QED) is 0.749. The molecule has 8 nitrogen and oxygen atoms in total. The molecule has 0 aliphatic rings. The predicted molar refractivity (Wildman–Crippen MR) is 86.0 cm³/mol. The van der Waals surface area contributed by atoms with Gasteiger partial charge in [-0.3, -0.25) is 14.2 Å². The fourth-order valence-electron chi connectivity index (χ4n) is 2.50. The van der Waals surface area contributed by atoms with Crippen LogP contribution in [0, 0.1) is 0 Å². The van der Waals surface area contributed by atoms with Gasteiger partial charge in [0.15, 0.2) is 11.9 Å². The zero-order valence-electron chi connectivity index (χ0n) is 14.0. The second-order valence-corrected chi connectivity index (χ2v) is 5.70. The Balaban J connectivity index is 1.76. The lowest BCUT2D eigenvalue weighted by Crippen LogP contribution is -2.31. The SMILES string of the molecule is Cn1ccnc1-c1cc(NC(=O)CC(n2cccn2)C(F)(F)F)n(C)n1. The number of aromatic nitrogens is 6. The van der Waals surface area contributed by atoms with Crippen LogP contribution in [0.15, 0.2) is 36.9 Å². The molecule has 138 valence electrons. The molecular weight excluding hydrogens is 351 g/mol. The van der Waals surface area contributed by atoms with E-state index in [1.54, 1.807) is 37.1 Å². The first-order valence-electron chi connectivity index (χ1n) is 7.63. The van der Waals surface area contributed by atoms with E-state index in [0.717, 1.165) is 4.68 Å². The molecule has 3 aromatic rings. The summed E-state index contributed by atoms with van der Waals surface area (Å²) in [4.78, 5) is 16.3. The van der Waals surface area contributed by atoms with E-state index in [4.69, 9.17) is 0 Å². The van der Waals surface area contributed by atoms with Gasteiger partial charge >= 0.3 is 6.18 Å². The van der Waals surface area contributed by atoms with E-state index in [-0.39, 0.29) is 5.82 Å². The Morgan fingerprint density at radius 2 is 2.04 bits per heavy atom. The summed E-state index contributed by atoms with van der Waals surface area (Å²) < 4.78 is 43.5. The van der Waals surface area contributed by atoms with Gasteiger partial charge in [0, 0.05) is 44.9 Å². The van der Waals surface area contributed by atoms with Gasteiger partial charge < -0.3 is 9.88 Å². The Morgan fingerprint density at radius 1 is 1.27 bits per heavy atom. The second kappa shape index (κ2) is 6.65. The summed E-state index contributed by atoms with van der Waals surface area (Å²) in [7, 11) is 3.37. The number of nitrogens with one attached hydrogen (secondary N) is 1. The first kappa shape index (κ1) is 17.7. The van der Waals surface area contributed by atoms with Crippen molar-refractivity contribution < 1.29 is 18.0 Å². The van der Waals surface area contributed by atoms with Gasteiger partial charge in [-0.2, -0.15) is 23.4 Å². The normalized spacial score (nSPS) is 13.0. The van der Waals surface area contributed by atoms with Crippen LogP contribution in [0.25, 0.3) is 11.5 Å². The first-order chi connectivity index (χ1) is 12.3. The Morgan fingerprint density at radius 3 is 2.62 bits per heavy atom. The predicted octanol–water partition coefficient (Wildman–Crippen LogP) is 2.15. The van der Waals surface area contributed by atoms with Gasteiger partial charge in [-0.05, 0) is 6.07 Å². The van der Waals surface area contributed by atoms with Gasteiger partial charge in [0.25, 0.3) is 0 Å². The Kier molecular flexibility index (Phi) is 4.53. The number of halogens is 3. The summed E-state index contributed by atoms with van der Waals surface area (Å²) in [5.41, 5.74) is 0.495. The molecule has 0 saturated heterocycles. The highest BCUT2D eigenvalue weighted by atomic mass is 19.4. The summed E-state index contributed by atoms with van der Waals surface area (Å²) in [5.74, 6) is 0.0532. The van der Waals surface area contributed by atoms with E-state index in [2.05, 4.69) is 20.5 Å². The van der Waals surface area contributed by atoms with Crippen molar-refractivity contribution in [3.05, 3.63) is 36.9 Å². The molecule has 11 heteroatoms. The molecule has 1 unspecified atom stereocenters. The highest BCUT2D eigenvalue weighted by Crippen LogP contribution is 2.33. The van der Waals surface area contributed by atoms with E-state index in [9.17, 15) is 18.0 Å². The van der Waals surface area contributed by atoms with Gasteiger partial charge in [0.1, 0.15) is 11.5 Å². The number of hydrogen-bond acceptors (Lipinski definition) is 4. The molecule has 1 atom stereocenters. The number of aryl methyl sites for hydroxylation is 2. The van der Waals surface area contributed by atoms with Crippen LogP contribution in [-0.2, 0) is 18.9 Å². The average molecular weight is 367 g/mol. The van der Waals surface area contributed by atoms with Crippen LogP contribution in [0.2, 0.25) is 0 Å². The minimum Gasteiger partial charge on any atom is -0.333 e. The lowest BCUT2D eigenvalue weighted by molar-refractivity contribution is -0.174. The molecule has 0 bridgehead atoms. The maximum absolute atomic E-state index is 13.2. The van der Waals surface area contributed by atoms with Gasteiger partial charge in [0.05, 0.1) is 6.42 Å². The Labute approximate surface area is 146 Å². The third-order valence-electron chi connectivity index (χ3n) is 3.80. The minimum atomic E-state index is -4.60. The smallest absolute Gasteiger partial charge is 0.333 e. The highest BCUT2D eigenvalue weighted by molar-refractivity contribution is 5.90. The number of hydrogen-bond donors (Lipinski definition) is 1. The minimum absolute atomic E-state index is 0.273. The highest BCUT2D eigenvalue weighted by Gasteiger charge is 2.42. The summed E-state index contributed by atoms with van der Waals surface area (Å²) >= 11 is 0. The molecule has 0 aliphatic carbocycles. The van der Waals surface area contributed by atoms with Crippen molar-refractivity contribution in [2.75, 3.05) is 5.32 Å². The largest absolute Gasteiger partial charge is 0.411 e. The lowest BCUT2D eigenvalue weighted by atomic mass is 10.2. The monoisotopic (exact) mass is 367 g/mol. The third-order valence-corrected chi connectivity index (χ3v) is 3.80. The maximum Gasteiger partial charge on any atom is 0.411 e. The van der Waals surface area contributed by atoms with E-state index >= 15 is 0 Å². The van der Waals surface area contributed by atoms with Crippen LogP contribution in [0.1, 0.15) is 12.5 Å². The molecule has 0 spiro atoms. The molecule has 1 N–H and O–H groups in total. The molecule has 3 aromatic heterocycles. The number of rotatable bonds is 5. The molecule has 0 radical (unpaired) electrons. The topological polar surface area (TPSA) is 82.6 Å². The van der Waals surface area contributed by atoms with Crippen molar-refractivity contribution >= 4 is 11.7 Å². The average Bonchev–Trinajstić information content (AvgIpc) is 3.26. The van der Waals surface area contributed by atoms with Crippen LogP contribution in [0.3, 0.4) is 0 Å². The first-order valence-corrected chi connectivity index (χ1v) is 7.63. The van der Waals surface area contributed by atoms with E-state index in [1.165, 1.54) is 23.1 Å². The number of amides is 1. The van der Waals surface area contributed by atoms with Gasteiger partial charge in [-0.25, -0.2) is 4.98 Å². The molecule has 0 aromatic carbocycles. The molecule has 1 amide bonds. The zero-order valence-corrected chi connectivity index (χ0v) is 14.0. The third kappa shape index (κ3) is 3.60. The number of nitrogens with zero attached hydrogens (tertiary/aromatic N) is 6. The number of carbonyl (C=O) groups excluding carboxylic acids is 1.